The van der Waals surface area contributed by atoms with E-state index in [0.717, 1.165) is 11.1 Å². The van der Waals surface area contributed by atoms with Crippen LogP contribution in [0, 0.1) is 5.92 Å². The first-order valence-electron chi connectivity index (χ1n) is 7.57. The highest BCUT2D eigenvalue weighted by Gasteiger charge is 2.28. The van der Waals surface area contributed by atoms with E-state index in [4.69, 9.17) is 16.8 Å². The minimum atomic E-state index is -3.91. The molecule has 0 aliphatic heterocycles. The van der Waals surface area contributed by atoms with Crippen LogP contribution in [0.25, 0.3) is 11.1 Å². The molecule has 0 saturated carbocycles. The number of nitrogens with one attached hydrogen (secondary N) is 2. The second-order valence-corrected chi connectivity index (χ2v) is 8.00. The lowest BCUT2D eigenvalue weighted by molar-refractivity contribution is -0.131. The number of amides is 1. The molecule has 0 radical (unpaired) electrons. The molecule has 0 unspecified atom stereocenters. The van der Waals surface area contributed by atoms with Crippen LogP contribution in [0.15, 0.2) is 53.4 Å². The molecule has 0 spiro atoms. The molecule has 134 valence electrons. The third-order valence-electron chi connectivity index (χ3n) is 3.68. The molecule has 0 aromatic heterocycles. The molecule has 6 nitrogen and oxygen atoms in total. The largest absolute Gasteiger partial charge is 0.289 e. The number of hydrogen-bond acceptors (Lipinski definition) is 4. The predicted octanol–water partition coefficient (Wildman–Crippen LogP) is 2.82. The van der Waals surface area contributed by atoms with E-state index in [1.54, 1.807) is 38.1 Å². The van der Waals surface area contributed by atoms with Crippen LogP contribution in [-0.2, 0) is 14.8 Å². The van der Waals surface area contributed by atoms with Gasteiger partial charge in [-0.15, -0.1) is 0 Å². The minimum absolute atomic E-state index is 0.0293. The van der Waals surface area contributed by atoms with Crippen LogP contribution in [-0.4, -0.2) is 25.6 Å². The first-order chi connectivity index (χ1) is 11.7. The van der Waals surface area contributed by atoms with E-state index in [0.29, 0.717) is 5.02 Å². The van der Waals surface area contributed by atoms with Crippen molar-refractivity contribution in [3.8, 4) is 11.1 Å². The van der Waals surface area contributed by atoms with Crippen LogP contribution < -0.4 is 10.2 Å². The van der Waals surface area contributed by atoms with Gasteiger partial charge in [0.2, 0.25) is 10.0 Å². The van der Waals surface area contributed by atoms with Crippen LogP contribution in [0.4, 0.5) is 0 Å². The molecule has 1 atom stereocenters. The Kier molecular flexibility index (Phi) is 6.18. The Morgan fingerprint density at radius 1 is 1.00 bits per heavy atom. The molecular formula is C17H19ClN2O4S. The summed E-state index contributed by atoms with van der Waals surface area (Å²) in [6.45, 7) is 3.35. The summed E-state index contributed by atoms with van der Waals surface area (Å²) in [5.74, 6) is -1.15. The Morgan fingerprint density at radius 2 is 1.48 bits per heavy atom. The van der Waals surface area contributed by atoms with Gasteiger partial charge in [0.25, 0.3) is 5.91 Å². The van der Waals surface area contributed by atoms with Crippen molar-refractivity contribution < 1.29 is 18.4 Å². The van der Waals surface area contributed by atoms with Crippen LogP contribution in [0.1, 0.15) is 13.8 Å². The number of sulfonamides is 1. The number of halogens is 1. The zero-order chi connectivity index (χ0) is 18.6. The van der Waals surface area contributed by atoms with E-state index < -0.39 is 22.0 Å². The van der Waals surface area contributed by atoms with Gasteiger partial charge in [0.05, 0.1) is 4.90 Å². The number of carbonyl (C=O) groups excluding carboxylic acids is 1. The second kappa shape index (κ2) is 7.97. The highest BCUT2D eigenvalue weighted by molar-refractivity contribution is 7.89. The second-order valence-electron chi connectivity index (χ2n) is 5.85. The average molecular weight is 383 g/mol. The lowest BCUT2D eigenvalue weighted by atomic mass is 10.1. The van der Waals surface area contributed by atoms with E-state index >= 15 is 0 Å². The lowest BCUT2D eigenvalue weighted by Crippen LogP contribution is -2.48. The normalized spacial score (nSPS) is 12.8. The molecule has 0 saturated heterocycles. The molecule has 3 N–H and O–H groups in total. The maximum absolute atomic E-state index is 12.5. The summed E-state index contributed by atoms with van der Waals surface area (Å²) in [4.78, 5) is 11.7. The minimum Gasteiger partial charge on any atom is -0.289 e. The van der Waals surface area contributed by atoms with E-state index in [2.05, 4.69) is 4.72 Å². The van der Waals surface area contributed by atoms with E-state index in [1.165, 1.54) is 17.6 Å². The molecule has 0 fully saturated rings. The number of carbonyl (C=O) groups is 1. The zero-order valence-corrected chi connectivity index (χ0v) is 15.3. The van der Waals surface area contributed by atoms with Crippen molar-refractivity contribution >= 4 is 27.5 Å². The molecule has 0 bridgehead atoms. The van der Waals surface area contributed by atoms with Gasteiger partial charge in [0, 0.05) is 5.02 Å². The Labute approximate surface area is 151 Å². The molecule has 2 aromatic rings. The third kappa shape index (κ3) is 4.79. The Morgan fingerprint density at radius 3 is 1.92 bits per heavy atom. The standard InChI is InChI=1S/C17H19ClN2O4S/c1-11(2)16(17(21)19-22)20-25(23,24)15-9-5-13(6-10-15)12-3-7-14(18)8-4-12/h3-11,16,20,22H,1-2H3,(H,19,21)/t16-/m0/s1. The van der Waals surface area contributed by atoms with Gasteiger partial charge in [-0.1, -0.05) is 49.7 Å². The van der Waals surface area contributed by atoms with Crippen molar-refractivity contribution in [1.82, 2.24) is 10.2 Å². The van der Waals surface area contributed by atoms with Gasteiger partial charge in [-0.2, -0.15) is 4.72 Å². The maximum Gasteiger partial charge on any atom is 0.261 e. The Balaban J connectivity index is 2.25. The van der Waals surface area contributed by atoms with Gasteiger partial charge in [0.15, 0.2) is 0 Å². The fraction of sp³-hybridized carbons (Fsp3) is 0.235. The summed E-state index contributed by atoms with van der Waals surface area (Å²) >= 11 is 5.86. The van der Waals surface area contributed by atoms with Crippen LogP contribution in [0.2, 0.25) is 5.02 Å². The van der Waals surface area contributed by atoms with Gasteiger partial charge in [-0.05, 0) is 41.3 Å². The summed E-state index contributed by atoms with van der Waals surface area (Å²) in [5.41, 5.74) is 3.22. The van der Waals surface area contributed by atoms with Crippen LogP contribution in [0.5, 0.6) is 0 Å². The SMILES string of the molecule is CC(C)[C@H](NS(=O)(=O)c1ccc(-c2ccc(Cl)cc2)cc1)C(=O)NO. The van der Waals surface area contributed by atoms with Gasteiger partial charge < -0.3 is 0 Å². The molecule has 1 amide bonds. The monoisotopic (exact) mass is 382 g/mol. The molecule has 2 rings (SSSR count). The highest BCUT2D eigenvalue weighted by Crippen LogP contribution is 2.23. The quantitative estimate of drug-likeness (QED) is 0.528. The first kappa shape index (κ1) is 19.4. The first-order valence-corrected chi connectivity index (χ1v) is 9.43. The van der Waals surface area contributed by atoms with Gasteiger partial charge in [-0.3, -0.25) is 10.0 Å². The third-order valence-corrected chi connectivity index (χ3v) is 5.39. The fourth-order valence-corrected chi connectivity index (χ4v) is 3.74. The van der Waals surface area contributed by atoms with Crippen molar-refractivity contribution in [2.45, 2.75) is 24.8 Å². The molecule has 0 aliphatic rings. The molecule has 25 heavy (non-hydrogen) atoms. The van der Waals surface area contributed by atoms with E-state index in [9.17, 15) is 13.2 Å². The van der Waals surface area contributed by atoms with Crippen molar-refractivity contribution in [2.24, 2.45) is 5.92 Å². The van der Waals surface area contributed by atoms with Crippen LogP contribution >= 0.6 is 11.6 Å². The topological polar surface area (TPSA) is 95.5 Å². The molecule has 8 heteroatoms. The number of benzene rings is 2. The van der Waals surface area contributed by atoms with Crippen molar-refractivity contribution in [3.05, 3.63) is 53.6 Å². The smallest absolute Gasteiger partial charge is 0.261 e. The number of rotatable bonds is 6. The molecular weight excluding hydrogens is 364 g/mol. The lowest BCUT2D eigenvalue weighted by Gasteiger charge is -2.20. The zero-order valence-electron chi connectivity index (χ0n) is 13.7. The van der Waals surface area contributed by atoms with Gasteiger partial charge >= 0.3 is 0 Å². The highest BCUT2D eigenvalue weighted by atomic mass is 35.5. The Bertz CT molecular complexity index is 834. The van der Waals surface area contributed by atoms with E-state index in [-0.39, 0.29) is 10.8 Å². The molecule has 0 heterocycles. The van der Waals surface area contributed by atoms with E-state index in [1.807, 2.05) is 12.1 Å². The van der Waals surface area contributed by atoms with Gasteiger partial charge in [0.1, 0.15) is 6.04 Å². The van der Waals surface area contributed by atoms with Crippen molar-refractivity contribution in [2.75, 3.05) is 0 Å². The van der Waals surface area contributed by atoms with Crippen LogP contribution in [0.3, 0.4) is 0 Å². The summed E-state index contributed by atoms with van der Waals surface area (Å²) in [5, 5.41) is 9.38. The summed E-state index contributed by atoms with van der Waals surface area (Å²) in [6.07, 6.45) is 0. The average Bonchev–Trinajstić information content (AvgIpc) is 2.59. The van der Waals surface area contributed by atoms with Crippen molar-refractivity contribution in [3.63, 3.8) is 0 Å². The number of hydrogen-bond donors (Lipinski definition) is 3. The summed E-state index contributed by atoms with van der Waals surface area (Å²) in [7, 11) is -3.91. The summed E-state index contributed by atoms with van der Waals surface area (Å²) in [6, 6.07) is 12.4. The molecule has 0 aliphatic carbocycles. The predicted molar refractivity (Wildman–Crippen MR) is 95.8 cm³/mol. The number of hydroxylamine groups is 1. The molecule has 2 aromatic carbocycles. The fourth-order valence-electron chi connectivity index (χ4n) is 2.27. The maximum atomic E-state index is 12.5. The van der Waals surface area contributed by atoms with Gasteiger partial charge in [-0.25, -0.2) is 13.9 Å². The Hall–Kier alpha value is -1.93. The summed E-state index contributed by atoms with van der Waals surface area (Å²) < 4.78 is 27.2. The van der Waals surface area contributed by atoms with Crippen molar-refractivity contribution in [1.29, 1.82) is 0 Å².